The first-order valence-corrected chi connectivity index (χ1v) is 4.24. The monoisotopic (exact) mass is 221 g/mol. The van der Waals surface area contributed by atoms with Crippen molar-refractivity contribution in [3.05, 3.63) is 28.3 Å². The molecule has 0 aromatic heterocycles. The summed E-state index contributed by atoms with van der Waals surface area (Å²) in [4.78, 5) is 0. The SMILES string of the molecule is N#CC(C#N)=Cc1cc(O)c(O)c([ClH+])c1. The van der Waals surface area contributed by atoms with E-state index in [4.69, 9.17) is 22.1 Å². The van der Waals surface area contributed by atoms with Gasteiger partial charge in [-0.15, -0.1) is 0 Å². The number of nitriles is 2. The van der Waals surface area contributed by atoms with Gasteiger partial charge < -0.3 is 10.2 Å². The van der Waals surface area contributed by atoms with Crippen molar-refractivity contribution in [1.29, 1.82) is 10.5 Å². The van der Waals surface area contributed by atoms with Gasteiger partial charge in [-0.2, -0.15) is 10.5 Å². The van der Waals surface area contributed by atoms with Gasteiger partial charge in [0.2, 0.25) is 5.75 Å². The summed E-state index contributed by atoms with van der Waals surface area (Å²) in [5, 5.41) is 35.5. The van der Waals surface area contributed by atoms with Crippen molar-refractivity contribution in [3.8, 4) is 23.6 Å². The maximum atomic E-state index is 9.23. The molecule has 0 unspecified atom stereocenters. The lowest BCUT2D eigenvalue weighted by molar-refractivity contribution is -0.291. The van der Waals surface area contributed by atoms with Crippen molar-refractivity contribution in [3.63, 3.8) is 0 Å². The van der Waals surface area contributed by atoms with Crippen LogP contribution in [-0.4, -0.2) is 10.2 Å². The smallest absolute Gasteiger partial charge is 0.271 e. The van der Waals surface area contributed by atoms with Crippen molar-refractivity contribution >= 4 is 6.08 Å². The Kier molecular flexibility index (Phi) is 3.17. The second-order valence-electron chi connectivity index (χ2n) is 2.67. The molecule has 0 atom stereocenters. The Morgan fingerprint density at radius 1 is 1.27 bits per heavy atom. The molecular formula is C10H6ClN2O2+. The van der Waals surface area contributed by atoms with Gasteiger partial charge in [0.25, 0.3) is 5.02 Å². The van der Waals surface area contributed by atoms with Crippen LogP contribution in [0.15, 0.2) is 17.7 Å². The van der Waals surface area contributed by atoms with E-state index in [1.165, 1.54) is 18.2 Å². The van der Waals surface area contributed by atoms with Crippen LogP contribution in [0.4, 0.5) is 0 Å². The highest BCUT2D eigenvalue weighted by molar-refractivity contribution is 5.65. The van der Waals surface area contributed by atoms with Crippen LogP contribution in [0.3, 0.4) is 0 Å². The average molecular weight is 222 g/mol. The van der Waals surface area contributed by atoms with Gasteiger partial charge in [-0.05, 0) is 17.7 Å². The highest BCUT2D eigenvalue weighted by atomic mass is 35.5. The molecule has 0 bridgehead atoms. The van der Waals surface area contributed by atoms with E-state index in [1.54, 1.807) is 12.1 Å². The summed E-state index contributed by atoms with van der Waals surface area (Å²) in [5.41, 5.74) is 0.294. The first-order chi connectivity index (χ1) is 7.08. The number of phenols is 2. The fraction of sp³-hybridized carbons (Fsp3) is 0. The molecule has 0 aliphatic carbocycles. The number of phenolic OH excluding ortho intramolecular Hbond substituents is 2. The number of hydrogen-bond donors (Lipinski definition) is 2. The minimum atomic E-state index is -0.377. The van der Waals surface area contributed by atoms with Gasteiger partial charge in [0.1, 0.15) is 17.7 Å². The Balaban J connectivity index is 3.26. The van der Waals surface area contributed by atoms with Gasteiger partial charge in [-0.25, -0.2) is 0 Å². The average Bonchev–Trinajstić information content (AvgIpc) is 2.22. The molecule has 0 fully saturated rings. The highest BCUT2D eigenvalue weighted by Crippen LogP contribution is 2.31. The topological polar surface area (TPSA) is 88.0 Å². The molecule has 0 aliphatic rings. The molecule has 0 spiro atoms. The predicted octanol–water partition coefficient (Wildman–Crippen LogP) is 1.22. The van der Waals surface area contributed by atoms with Crippen molar-refractivity contribution < 1.29 is 21.8 Å². The number of halogens is 1. The van der Waals surface area contributed by atoms with Crippen molar-refractivity contribution in [2.45, 2.75) is 0 Å². The van der Waals surface area contributed by atoms with Crippen LogP contribution in [0.25, 0.3) is 6.08 Å². The third kappa shape index (κ3) is 2.40. The summed E-state index contributed by atoms with van der Waals surface area (Å²) < 4.78 is 0. The number of aromatic hydroxyl groups is 2. The van der Waals surface area contributed by atoms with E-state index >= 15 is 0 Å². The first-order valence-electron chi connectivity index (χ1n) is 3.83. The molecule has 74 valence electrons. The van der Waals surface area contributed by atoms with Gasteiger partial charge in [0.05, 0.1) is 0 Å². The van der Waals surface area contributed by atoms with Crippen molar-refractivity contribution in [2.75, 3.05) is 0 Å². The number of benzene rings is 1. The van der Waals surface area contributed by atoms with E-state index in [2.05, 4.69) is 0 Å². The lowest BCUT2D eigenvalue weighted by Gasteiger charge is -1.97. The van der Waals surface area contributed by atoms with E-state index in [1.807, 2.05) is 0 Å². The molecule has 0 aliphatic heterocycles. The normalized spacial score (nSPS) is 8.73. The molecule has 0 saturated heterocycles. The van der Waals surface area contributed by atoms with Gasteiger partial charge >= 0.3 is 0 Å². The van der Waals surface area contributed by atoms with Crippen LogP contribution < -0.4 is 0 Å². The zero-order valence-corrected chi connectivity index (χ0v) is 8.25. The Labute approximate surface area is 90.9 Å². The van der Waals surface area contributed by atoms with Crippen molar-refractivity contribution in [2.24, 2.45) is 0 Å². The summed E-state index contributed by atoms with van der Waals surface area (Å²) in [5.74, 6) is -0.749. The molecule has 1 rings (SSSR count). The van der Waals surface area contributed by atoms with E-state index in [9.17, 15) is 10.2 Å². The highest BCUT2D eigenvalue weighted by Gasteiger charge is 2.12. The third-order valence-electron chi connectivity index (χ3n) is 1.63. The Bertz CT molecular complexity index is 470. The van der Waals surface area contributed by atoms with Gasteiger partial charge in [-0.3, -0.25) is 0 Å². The number of nitrogens with zero attached hydrogens (tertiary/aromatic N) is 2. The second kappa shape index (κ2) is 4.36. The van der Waals surface area contributed by atoms with Crippen LogP contribution in [0.2, 0.25) is 5.02 Å². The van der Waals surface area contributed by atoms with Crippen LogP contribution >= 0.6 is 0 Å². The van der Waals surface area contributed by atoms with Gasteiger partial charge in [0.15, 0.2) is 17.4 Å². The molecule has 1 aromatic rings. The fourth-order valence-electron chi connectivity index (χ4n) is 0.953. The van der Waals surface area contributed by atoms with Crippen LogP contribution in [0.5, 0.6) is 11.5 Å². The van der Waals surface area contributed by atoms with Crippen LogP contribution in [0, 0.1) is 34.3 Å². The third-order valence-corrected chi connectivity index (χ3v) is 1.94. The van der Waals surface area contributed by atoms with Crippen LogP contribution in [-0.2, 0) is 0 Å². The van der Waals surface area contributed by atoms with E-state index in [0.29, 0.717) is 5.56 Å². The number of rotatable bonds is 1. The summed E-state index contributed by atoms with van der Waals surface area (Å²) in [6.07, 6.45) is 1.27. The summed E-state index contributed by atoms with van der Waals surface area (Å²) in [6.45, 7) is 0. The molecule has 0 saturated carbocycles. The minimum absolute atomic E-state index is 0.0662. The van der Waals surface area contributed by atoms with Gasteiger partial charge in [-0.1, -0.05) is 0 Å². The second-order valence-corrected chi connectivity index (χ2v) is 3.11. The van der Waals surface area contributed by atoms with E-state index in [-0.39, 0.29) is 22.1 Å². The zero-order chi connectivity index (χ0) is 11.4. The molecular weight excluding hydrogens is 216 g/mol. The Morgan fingerprint density at radius 2 is 1.87 bits per heavy atom. The fourth-order valence-corrected chi connectivity index (χ4v) is 1.19. The lowest BCUT2D eigenvalue weighted by Crippen LogP contribution is -1.80. The molecule has 15 heavy (non-hydrogen) atoms. The largest absolute Gasteiger partial charge is 0.504 e. The van der Waals surface area contributed by atoms with E-state index in [0.717, 1.165) is 0 Å². The van der Waals surface area contributed by atoms with E-state index < -0.39 is 0 Å². The molecule has 2 N–H and O–H groups in total. The summed E-state index contributed by atoms with van der Waals surface area (Å²) in [7, 11) is 0. The number of hydrogen-bond acceptors (Lipinski definition) is 4. The standard InChI is InChI=1S/C10H5ClN2O2/c11-8-2-6(1-7(4-12)5-13)3-9(14)10(8)15/h1-3,11H,(H-,14,15)/p+1. The summed E-state index contributed by atoms with van der Waals surface area (Å²) in [6, 6.07) is 5.96. The zero-order valence-electron chi connectivity index (χ0n) is 7.43. The molecule has 0 amide bonds. The molecule has 5 heteroatoms. The van der Waals surface area contributed by atoms with Crippen LogP contribution in [0.1, 0.15) is 5.56 Å². The molecule has 1 aromatic carbocycles. The maximum Gasteiger partial charge on any atom is 0.271 e. The quantitative estimate of drug-likeness (QED) is 0.551. The maximum absolute atomic E-state index is 9.23. The molecule has 0 radical (unpaired) electrons. The Morgan fingerprint density at radius 3 is 2.33 bits per heavy atom. The minimum Gasteiger partial charge on any atom is -0.504 e. The predicted molar refractivity (Wildman–Crippen MR) is 49.5 cm³/mol. The van der Waals surface area contributed by atoms with Gasteiger partial charge in [0, 0.05) is 6.07 Å². The lowest BCUT2D eigenvalue weighted by atomic mass is 10.1. The molecule has 4 nitrogen and oxygen atoms in total. The Hall–Kier alpha value is -2.17. The number of allylic oxidation sites excluding steroid dienone is 1. The first kappa shape index (κ1) is 10.9. The molecule has 0 heterocycles. The summed E-state index contributed by atoms with van der Waals surface area (Å²) >= 11 is 4.75. The van der Waals surface area contributed by atoms with Crippen molar-refractivity contribution in [1.82, 2.24) is 0 Å².